The van der Waals surface area contributed by atoms with Crippen molar-refractivity contribution in [1.29, 1.82) is 0 Å². The average Bonchev–Trinajstić information content (AvgIpc) is 3.01. The number of fused-ring (bicyclic) bond motifs is 3. The fraction of sp³-hybridized carbons (Fsp3) is 0.556. The number of rotatable bonds is 2. The number of hydrogen-bond acceptors (Lipinski definition) is 1. The molecule has 1 aliphatic heterocycles. The third-order valence-corrected chi connectivity index (χ3v) is 5.49. The minimum Gasteiger partial charge on any atom is -0.298 e. The molecule has 3 atom stereocenters. The van der Waals surface area contributed by atoms with Gasteiger partial charge in [-0.3, -0.25) is 4.90 Å². The van der Waals surface area contributed by atoms with Gasteiger partial charge in [0.15, 0.2) is 0 Å². The van der Waals surface area contributed by atoms with Crippen molar-refractivity contribution in [3.05, 3.63) is 47.0 Å². The monoisotopic (exact) mass is 253 g/mol. The molecule has 3 aliphatic rings. The molecular weight excluding hydrogens is 230 g/mol. The van der Waals surface area contributed by atoms with Crippen molar-refractivity contribution in [2.45, 2.75) is 32.7 Å². The first kappa shape index (κ1) is 11.7. The largest absolute Gasteiger partial charge is 0.298 e. The van der Waals surface area contributed by atoms with Crippen LogP contribution in [-0.2, 0) is 13.0 Å². The highest BCUT2D eigenvalue weighted by Gasteiger charge is 2.36. The van der Waals surface area contributed by atoms with Crippen LogP contribution in [0.2, 0.25) is 0 Å². The standard InChI is InChI=1S/C18H23N/c1-13-3-2-4-16-11-19(8-7-18(13)16)12-17-10-14-5-6-15(17)9-14/h2-6,14-15,17H,7-12H2,1H3/t14-,15+,17?/m0/s1. The Labute approximate surface area is 116 Å². The van der Waals surface area contributed by atoms with Crippen molar-refractivity contribution in [1.82, 2.24) is 4.90 Å². The van der Waals surface area contributed by atoms with Gasteiger partial charge in [-0.15, -0.1) is 0 Å². The molecule has 0 N–H and O–H groups in total. The first-order chi connectivity index (χ1) is 9.29. The van der Waals surface area contributed by atoms with Crippen LogP contribution in [-0.4, -0.2) is 18.0 Å². The average molecular weight is 253 g/mol. The quantitative estimate of drug-likeness (QED) is 0.728. The SMILES string of the molecule is Cc1cccc2c1CCN(CC1C[C@H]3C=C[C@@H]1C3)C2. The molecule has 0 saturated heterocycles. The number of allylic oxidation sites excluding steroid dienone is 2. The second kappa shape index (κ2) is 4.49. The smallest absolute Gasteiger partial charge is 0.0236 e. The summed E-state index contributed by atoms with van der Waals surface area (Å²) >= 11 is 0. The molecule has 1 unspecified atom stereocenters. The Balaban J connectivity index is 1.46. The fourth-order valence-electron chi connectivity index (χ4n) is 4.45. The van der Waals surface area contributed by atoms with Crippen molar-refractivity contribution in [3.63, 3.8) is 0 Å². The topological polar surface area (TPSA) is 3.24 Å². The molecule has 1 heterocycles. The Morgan fingerprint density at radius 2 is 2.16 bits per heavy atom. The van der Waals surface area contributed by atoms with Gasteiger partial charge in [-0.05, 0) is 60.6 Å². The van der Waals surface area contributed by atoms with Gasteiger partial charge < -0.3 is 0 Å². The minimum atomic E-state index is 0.893. The summed E-state index contributed by atoms with van der Waals surface area (Å²) in [7, 11) is 0. The lowest BCUT2D eigenvalue weighted by Gasteiger charge is -2.33. The first-order valence-electron chi connectivity index (χ1n) is 7.77. The molecule has 1 aromatic rings. The van der Waals surface area contributed by atoms with Crippen LogP contribution in [0.5, 0.6) is 0 Å². The van der Waals surface area contributed by atoms with Crippen LogP contribution in [0, 0.1) is 24.7 Å². The van der Waals surface area contributed by atoms with E-state index in [0.29, 0.717) is 0 Å². The Bertz CT molecular complexity index is 516. The summed E-state index contributed by atoms with van der Waals surface area (Å²) in [5.41, 5.74) is 4.68. The van der Waals surface area contributed by atoms with Gasteiger partial charge in [0.05, 0.1) is 0 Å². The predicted molar refractivity (Wildman–Crippen MR) is 79.0 cm³/mol. The molecule has 0 aromatic heterocycles. The van der Waals surface area contributed by atoms with E-state index in [1.807, 2.05) is 0 Å². The number of hydrogen-bond donors (Lipinski definition) is 0. The minimum absolute atomic E-state index is 0.893. The summed E-state index contributed by atoms with van der Waals surface area (Å²) in [4.78, 5) is 2.70. The third kappa shape index (κ3) is 2.04. The molecule has 1 fully saturated rings. The molecule has 1 nitrogen and oxygen atoms in total. The molecule has 0 radical (unpaired) electrons. The maximum Gasteiger partial charge on any atom is 0.0236 e. The van der Waals surface area contributed by atoms with Crippen molar-refractivity contribution in [2.75, 3.05) is 13.1 Å². The Morgan fingerprint density at radius 3 is 2.95 bits per heavy atom. The predicted octanol–water partition coefficient (Wildman–Crippen LogP) is 3.57. The summed E-state index contributed by atoms with van der Waals surface area (Å²) in [5.74, 6) is 2.74. The Kier molecular flexibility index (Phi) is 2.77. The molecule has 4 rings (SSSR count). The van der Waals surface area contributed by atoms with E-state index in [-0.39, 0.29) is 0 Å². The summed E-state index contributed by atoms with van der Waals surface area (Å²) in [6.07, 6.45) is 9.07. The van der Waals surface area contributed by atoms with Gasteiger partial charge >= 0.3 is 0 Å². The summed E-state index contributed by atoms with van der Waals surface area (Å²) < 4.78 is 0. The number of nitrogens with zero attached hydrogens (tertiary/aromatic N) is 1. The molecule has 0 spiro atoms. The van der Waals surface area contributed by atoms with Crippen LogP contribution >= 0.6 is 0 Å². The van der Waals surface area contributed by atoms with E-state index < -0.39 is 0 Å². The Morgan fingerprint density at radius 1 is 1.21 bits per heavy atom. The van der Waals surface area contributed by atoms with Crippen LogP contribution in [0.4, 0.5) is 0 Å². The maximum absolute atomic E-state index is 2.70. The third-order valence-electron chi connectivity index (χ3n) is 5.49. The van der Waals surface area contributed by atoms with Crippen LogP contribution in [0.3, 0.4) is 0 Å². The first-order valence-corrected chi connectivity index (χ1v) is 7.77. The van der Waals surface area contributed by atoms with Crippen molar-refractivity contribution in [3.8, 4) is 0 Å². The zero-order valence-electron chi connectivity index (χ0n) is 11.8. The number of benzene rings is 1. The molecule has 2 aliphatic carbocycles. The molecule has 2 bridgehead atoms. The zero-order valence-corrected chi connectivity index (χ0v) is 11.8. The van der Waals surface area contributed by atoms with Crippen molar-refractivity contribution in [2.24, 2.45) is 17.8 Å². The van der Waals surface area contributed by atoms with Gasteiger partial charge in [-0.1, -0.05) is 30.4 Å². The van der Waals surface area contributed by atoms with E-state index >= 15 is 0 Å². The van der Waals surface area contributed by atoms with E-state index in [1.54, 1.807) is 11.1 Å². The summed E-state index contributed by atoms with van der Waals surface area (Å²) in [6.45, 7) is 6.01. The Hall–Kier alpha value is -1.08. The molecule has 1 aromatic carbocycles. The normalized spacial score (nSPS) is 32.8. The fourth-order valence-corrected chi connectivity index (χ4v) is 4.45. The lowest BCUT2D eigenvalue weighted by Crippen LogP contribution is -2.36. The van der Waals surface area contributed by atoms with Gasteiger partial charge in [0.25, 0.3) is 0 Å². The number of aryl methyl sites for hydroxylation is 1. The van der Waals surface area contributed by atoms with E-state index in [2.05, 4.69) is 42.2 Å². The molecule has 19 heavy (non-hydrogen) atoms. The van der Waals surface area contributed by atoms with E-state index in [1.165, 1.54) is 44.5 Å². The van der Waals surface area contributed by atoms with E-state index in [4.69, 9.17) is 0 Å². The van der Waals surface area contributed by atoms with Crippen LogP contribution in [0.1, 0.15) is 29.5 Å². The van der Waals surface area contributed by atoms with Gasteiger partial charge in [0.2, 0.25) is 0 Å². The highest BCUT2D eigenvalue weighted by Crippen LogP contribution is 2.44. The van der Waals surface area contributed by atoms with Gasteiger partial charge in [-0.25, -0.2) is 0 Å². The zero-order chi connectivity index (χ0) is 12.8. The van der Waals surface area contributed by atoms with Crippen molar-refractivity contribution < 1.29 is 0 Å². The molecule has 0 amide bonds. The van der Waals surface area contributed by atoms with Gasteiger partial charge in [-0.2, -0.15) is 0 Å². The summed E-state index contributed by atoms with van der Waals surface area (Å²) in [5, 5.41) is 0. The lowest BCUT2D eigenvalue weighted by molar-refractivity contribution is 0.199. The molecule has 100 valence electrons. The maximum atomic E-state index is 2.70. The van der Waals surface area contributed by atoms with Gasteiger partial charge in [0.1, 0.15) is 0 Å². The van der Waals surface area contributed by atoms with Crippen molar-refractivity contribution >= 4 is 0 Å². The second-order valence-corrected chi connectivity index (χ2v) is 6.74. The molecular formula is C18H23N. The van der Waals surface area contributed by atoms with Crippen LogP contribution in [0.15, 0.2) is 30.4 Å². The van der Waals surface area contributed by atoms with Crippen LogP contribution in [0.25, 0.3) is 0 Å². The highest BCUT2D eigenvalue weighted by atomic mass is 15.1. The van der Waals surface area contributed by atoms with Gasteiger partial charge in [0, 0.05) is 19.6 Å². The second-order valence-electron chi connectivity index (χ2n) is 6.74. The van der Waals surface area contributed by atoms with Crippen LogP contribution < -0.4 is 0 Å². The van der Waals surface area contributed by atoms with E-state index in [0.717, 1.165) is 17.8 Å². The highest BCUT2D eigenvalue weighted by molar-refractivity contribution is 5.36. The lowest BCUT2D eigenvalue weighted by atomic mass is 9.90. The van der Waals surface area contributed by atoms with E-state index in [9.17, 15) is 0 Å². The summed E-state index contributed by atoms with van der Waals surface area (Å²) in [6, 6.07) is 6.81. The molecule has 1 heteroatoms. The molecule has 1 saturated carbocycles.